The molecular weight excluding hydrogens is 246 g/mol. The van der Waals surface area contributed by atoms with Crippen molar-refractivity contribution in [1.29, 1.82) is 0 Å². The third-order valence-electron chi connectivity index (χ3n) is 3.91. The molecule has 2 bridgehead atoms. The molecule has 0 radical (unpaired) electrons. The van der Waals surface area contributed by atoms with Gasteiger partial charge in [0.1, 0.15) is 5.60 Å². The summed E-state index contributed by atoms with van der Waals surface area (Å²) >= 11 is 0. The first-order valence-electron chi connectivity index (χ1n) is 6.89. The quantitative estimate of drug-likeness (QED) is 0.685. The Hall–Kier alpha value is -1.26. The van der Waals surface area contributed by atoms with Crippen molar-refractivity contribution in [2.24, 2.45) is 11.8 Å². The summed E-state index contributed by atoms with van der Waals surface area (Å²) in [7, 11) is 1.41. The molecule has 0 N–H and O–H groups in total. The van der Waals surface area contributed by atoms with Crippen LogP contribution < -0.4 is 0 Å². The summed E-state index contributed by atoms with van der Waals surface area (Å²) in [6, 6.07) is -0.0627. The fraction of sp³-hybridized carbons (Fsp3) is 0.857. The maximum absolute atomic E-state index is 12.2. The number of carbonyl (C=O) groups excluding carboxylic acids is 2. The molecule has 5 nitrogen and oxygen atoms in total. The van der Waals surface area contributed by atoms with Crippen LogP contribution in [0.4, 0.5) is 4.79 Å². The number of nitrogens with zero attached hydrogens (tertiary/aromatic N) is 1. The number of esters is 1. The highest BCUT2D eigenvalue weighted by molar-refractivity contribution is 5.76. The Kier molecular flexibility index (Phi) is 3.74. The second kappa shape index (κ2) is 5.02. The monoisotopic (exact) mass is 269 g/mol. The average molecular weight is 269 g/mol. The van der Waals surface area contributed by atoms with Gasteiger partial charge >= 0.3 is 12.1 Å². The summed E-state index contributed by atoms with van der Waals surface area (Å²) in [5, 5.41) is 0. The summed E-state index contributed by atoms with van der Waals surface area (Å²) in [6.07, 6.45) is 2.47. The molecule has 1 aliphatic carbocycles. The van der Waals surface area contributed by atoms with E-state index in [1.807, 2.05) is 20.8 Å². The number of amides is 1. The second-order valence-corrected chi connectivity index (χ2v) is 6.51. The van der Waals surface area contributed by atoms with Gasteiger partial charge in [0.15, 0.2) is 0 Å². The Bertz CT molecular complexity index is 374. The zero-order chi connectivity index (χ0) is 14.2. The topological polar surface area (TPSA) is 55.8 Å². The van der Waals surface area contributed by atoms with Gasteiger partial charge in [-0.2, -0.15) is 0 Å². The van der Waals surface area contributed by atoms with Crippen molar-refractivity contribution in [3.8, 4) is 0 Å². The van der Waals surface area contributed by atoms with E-state index in [-0.39, 0.29) is 24.0 Å². The predicted octanol–water partition coefficient (Wildman–Crippen LogP) is 2.20. The minimum absolute atomic E-state index is 0.0627. The highest BCUT2D eigenvalue weighted by atomic mass is 16.6. The zero-order valence-electron chi connectivity index (χ0n) is 12.1. The minimum Gasteiger partial charge on any atom is -0.469 e. The van der Waals surface area contributed by atoms with Crippen LogP contribution >= 0.6 is 0 Å². The fourth-order valence-electron chi connectivity index (χ4n) is 3.13. The largest absolute Gasteiger partial charge is 0.469 e. The molecule has 0 unspecified atom stereocenters. The summed E-state index contributed by atoms with van der Waals surface area (Å²) in [5.41, 5.74) is -0.505. The van der Waals surface area contributed by atoms with Gasteiger partial charge in [-0.3, -0.25) is 4.79 Å². The average Bonchev–Trinajstić information content (AvgIpc) is 2.36. The molecule has 2 saturated heterocycles. The van der Waals surface area contributed by atoms with E-state index in [9.17, 15) is 9.59 Å². The van der Waals surface area contributed by atoms with Gasteiger partial charge in [-0.05, 0) is 46.0 Å². The lowest BCUT2D eigenvalue weighted by Gasteiger charge is -2.48. The van der Waals surface area contributed by atoms with Crippen LogP contribution in [0.25, 0.3) is 0 Å². The Morgan fingerprint density at radius 1 is 1.21 bits per heavy atom. The van der Waals surface area contributed by atoms with E-state index < -0.39 is 5.60 Å². The Labute approximate surface area is 114 Å². The van der Waals surface area contributed by atoms with Crippen LogP contribution in [-0.2, 0) is 14.3 Å². The van der Waals surface area contributed by atoms with Crippen LogP contribution in [0, 0.1) is 11.8 Å². The van der Waals surface area contributed by atoms with Crippen molar-refractivity contribution in [3.63, 3.8) is 0 Å². The van der Waals surface area contributed by atoms with Crippen molar-refractivity contribution < 1.29 is 19.1 Å². The van der Waals surface area contributed by atoms with Crippen LogP contribution in [0.15, 0.2) is 0 Å². The van der Waals surface area contributed by atoms with Crippen molar-refractivity contribution in [2.45, 2.75) is 51.7 Å². The van der Waals surface area contributed by atoms with Crippen LogP contribution in [0.3, 0.4) is 0 Å². The van der Waals surface area contributed by atoms with Crippen molar-refractivity contribution >= 4 is 12.1 Å². The summed E-state index contributed by atoms with van der Waals surface area (Å²) in [5.74, 6) is -0.00500. The van der Waals surface area contributed by atoms with Gasteiger partial charge < -0.3 is 14.4 Å². The van der Waals surface area contributed by atoms with Gasteiger partial charge in [-0.15, -0.1) is 0 Å². The third kappa shape index (κ3) is 3.01. The number of hydrogen-bond donors (Lipinski definition) is 0. The number of fused-ring (bicyclic) bond motifs is 3. The summed E-state index contributed by atoms with van der Waals surface area (Å²) < 4.78 is 10.3. The van der Waals surface area contributed by atoms with Crippen LogP contribution in [-0.4, -0.2) is 42.3 Å². The van der Waals surface area contributed by atoms with Gasteiger partial charge in [0.2, 0.25) is 0 Å². The number of methoxy groups -OCH3 is 1. The first kappa shape index (κ1) is 14.2. The van der Waals surface area contributed by atoms with Crippen molar-refractivity contribution in [1.82, 2.24) is 4.90 Å². The highest BCUT2D eigenvalue weighted by Crippen LogP contribution is 2.40. The SMILES string of the molecule is COC(=O)[C@H]1C[C@H]2CC[C@@H]1N(C(=O)OC(C)(C)C)C2. The molecular formula is C14H23NO4. The number of rotatable bonds is 1. The van der Waals surface area contributed by atoms with Gasteiger partial charge in [0.25, 0.3) is 0 Å². The maximum Gasteiger partial charge on any atom is 0.410 e. The molecule has 3 rings (SSSR count). The number of hydrogen-bond acceptors (Lipinski definition) is 4. The lowest BCUT2D eigenvalue weighted by atomic mass is 9.73. The van der Waals surface area contributed by atoms with E-state index >= 15 is 0 Å². The molecule has 0 aromatic heterocycles. The smallest absolute Gasteiger partial charge is 0.410 e. The van der Waals surface area contributed by atoms with Gasteiger partial charge in [0, 0.05) is 12.6 Å². The molecule has 3 fully saturated rings. The van der Waals surface area contributed by atoms with E-state index in [0.29, 0.717) is 12.5 Å². The number of carbonyl (C=O) groups is 2. The summed E-state index contributed by atoms with van der Waals surface area (Å²) in [6.45, 7) is 6.26. The second-order valence-electron chi connectivity index (χ2n) is 6.51. The van der Waals surface area contributed by atoms with Gasteiger partial charge in [-0.25, -0.2) is 4.79 Å². The van der Waals surface area contributed by atoms with E-state index in [1.54, 1.807) is 4.90 Å². The molecule has 2 heterocycles. The Morgan fingerprint density at radius 2 is 1.89 bits per heavy atom. The van der Waals surface area contributed by atoms with E-state index in [4.69, 9.17) is 9.47 Å². The zero-order valence-corrected chi connectivity index (χ0v) is 12.1. The van der Waals surface area contributed by atoms with Gasteiger partial charge in [0.05, 0.1) is 13.0 Å². The lowest BCUT2D eigenvalue weighted by molar-refractivity contribution is -0.153. The standard InChI is InChI=1S/C14H23NO4/c1-14(2,3)19-13(17)15-8-9-5-6-11(15)10(7-9)12(16)18-4/h9-11H,5-8H2,1-4H3/t9-,10+,11+/m1/s1. The number of piperidine rings is 2. The first-order chi connectivity index (χ1) is 8.81. The molecule has 0 spiro atoms. The molecule has 19 heavy (non-hydrogen) atoms. The maximum atomic E-state index is 12.2. The minimum atomic E-state index is -0.505. The van der Waals surface area contributed by atoms with Crippen molar-refractivity contribution in [3.05, 3.63) is 0 Å². The third-order valence-corrected chi connectivity index (χ3v) is 3.91. The predicted molar refractivity (Wildman–Crippen MR) is 69.6 cm³/mol. The van der Waals surface area contributed by atoms with Crippen LogP contribution in [0.5, 0.6) is 0 Å². The number of ether oxygens (including phenoxy) is 2. The van der Waals surface area contributed by atoms with Crippen LogP contribution in [0.2, 0.25) is 0 Å². The molecule has 2 aliphatic heterocycles. The first-order valence-corrected chi connectivity index (χ1v) is 6.89. The molecule has 0 aromatic carbocycles. The van der Waals surface area contributed by atoms with E-state index in [2.05, 4.69) is 0 Å². The van der Waals surface area contributed by atoms with Gasteiger partial charge in [-0.1, -0.05) is 0 Å². The molecule has 108 valence electrons. The molecule has 0 aromatic rings. The normalized spacial score (nSPS) is 30.1. The molecule has 3 aliphatic rings. The molecule has 1 saturated carbocycles. The fourth-order valence-corrected chi connectivity index (χ4v) is 3.13. The highest BCUT2D eigenvalue weighted by Gasteiger charge is 2.47. The molecule has 3 atom stereocenters. The Morgan fingerprint density at radius 3 is 2.42 bits per heavy atom. The van der Waals surface area contributed by atoms with Crippen molar-refractivity contribution in [2.75, 3.05) is 13.7 Å². The van der Waals surface area contributed by atoms with Crippen LogP contribution in [0.1, 0.15) is 40.0 Å². The van der Waals surface area contributed by atoms with E-state index in [0.717, 1.165) is 19.3 Å². The Balaban J connectivity index is 2.10. The molecule has 5 heteroatoms. The summed E-state index contributed by atoms with van der Waals surface area (Å²) in [4.78, 5) is 25.7. The molecule has 1 amide bonds. The van der Waals surface area contributed by atoms with E-state index in [1.165, 1.54) is 7.11 Å². The lowest BCUT2D eigenvalue weighted by Crippen LogP contribution is -2.58.